The van der Waals surface area contributed by atoms with Crippen LogP contribution >= 0.6 is 0 Å². The Morgan fingerprint density at radius 2 is 2.40 bits per heavy atom. The third-order valence-electron chi connectivity index (χ3n) is 4.20. The molecular formula is C16H23N3O. The predicted molar refractivity (Wildman–Crippen MR) is 81.0 cm³/mol. The lowest BCUT2D eigenvalue weighted by atomic mass is 9.89. The Kier molecular flexibility index (Phi) is 4.33. The quantitative estimate of drug-likeness (QED) is 0.852. The fourth-order valence-corrected chi connectivity index (χ4v) is 3.19. The number of pyridine rings is 1. The zero-order valence-corrected chi connectivity index (χ0v) is 12.1. The molecule has 3 rings (SSSR count). The Morgan fingerprint density at radius 3 is 3.30 bits per heavy atom. The number of nitrogens with zero attached hydrogens (tertiary/aromatic N) is 2. The van der Waals surface area contributed by atoms with Crippen molar-refractivity contribution in [3.8, 4) is 0 Å². The van der Waals surface area contributed by atoms with Gasteiger partial charge in [-0.3, -0.25) is 0 Å². The molecule has 2 aromatic rings. The number of H-pyrrole nitrogens is 1. The summed E-state index contributed by atoms with van der Waals surface area (Å²) in [5.74, 6) is 0.617. The average molecular weight is 273 g/mol. The molecule has 4 nitrogen and oxygen atoms in total. The van der Waals surface area contributed by atoms with Crippen molar-refractivity contribution in [1.82, 2.24) is 14.9 Å². The third-order valence-corrected chi connectivity index (χ3v) is 4.20. The van der Waals surface area contributed by atoms with E-state index < -0.39 is 0 Å². The van der Waals surface area contributed by atoms with Gasteiger partial charge in [0.1, 0.15) is 5.65 Å². The maximum absolute atomic E-state index is 5.48. The van der Waals surface area contributed by atoms with Gasteiger partial charge < -0.3 is 14.6 Å². The van der Waals surface area contributed by atoms with Crippen LogP contribution in [-0.4, -0.2) is 47.7 Å². The van der Waals surface area contributed by atoms with Gasteiger partial charge >= 0.3 is 0 Å². The second kappa shape index (κ2) is 6.37. The molecule has 1 atom stereocenters. The van der Waals surface area contributed by atoms with Crippen molar-refractivity contribution in [2.45, 2.75) is 25.7 Å². The van der Waals surface area contributed by atoms with Crippen LogP contribution in [0.25, 0.3) is 11.0 Å². The van der Waals surface area contributed by atoms with E-state index in [0.717, 1.165) is 32.0 Å². The number of ether oxygens (including phenoxy) is 1. The lowest BCUT2D eigenvalue weighted by molar-refractivity contribution is 0.101. The lowest BCUT2D eigenvalue weighted by Crippen LogP contribution is -2.36. The zero-order valence-electron chi connectivity index (χ0n) is 12.1. The number of hydrogen-bond donors (Lipinski definition) is 1. The molecule has 0 spiro atoms. The van der Waals surface area contributed by atoms with Gasteiger partial charge in [-0.2, -0.15) is 0 Å². The van der Waals surface area contributed by atoms with Gasteiger partial charge in [-0.05, 0) is 49.9 Å². The highest BCUT2D eigenvalue weighted by atomic mass is 16.5. The summed E-state index contributed by atoms with van der Waals surface area (Å²) in [6.45, 7) is 7.09. The van der Waals surface area contributed by atoms with E-state index in [1.807, 2.05) is 12.4 Å². The van der Waals surface area contributed by atoms with E-state index in [-0.39, 0.29) is 0 Å². The third kappa shape index (κ3) is 2.86. The summed E-state index contributed by atoms with van der Waals surface area (Å²) in [5.41, 5.74) is 2.45. The zero-order chi connectivity index (χ0) is 13.8. The standard InChI is InChI=1S/C16H23N3O/c1-2-20-11-10-19-9-3-4-13(12-19)14-5-7-17-16-15(14)6-8-18-16/h5-8,13H,2-4,9-12H2,1H3,(H,17,18). The summed E-state index contributed by atoms with van der Waals surface area (Å²) in [7, 11) is 0. The first-order chi connectivity index (χ1) is 9.88. The van der Waals surface area contributed by atoms with E-state index in [9.17, 15) is 0 Å². The number of aromatic amines is 1. The van der Waals surface area contributed by atoms with Crippen molar-refractivity contribution >= 4 is 11.0 Å². The number of likely N-dealkylation sites (tertiary alicyclic amines) is 1. The molecular weight excluding hydrogens is 250 g/mol. The largest absolute Gasteiger partial charge is 0.380 e. The normalized spacial score (nSPS) is 20.6. The van der Waals surface area contributed by atoms with Gasteiger partial charge in [-0.1, -0.05) is 0 Å². The molecule has 2 aromatic heterocycles. The van der Waals surface area contributed by atoms with Crippen LogP contribution in [-0.2, 0) is 4.74 Å². The first-order valence-electron chi connectivity index (χ1n) is 7.60. The minimum Gasteiger partial charge on any atom is -0.380 e. The Balaban J connectivity index is 1.71. The predicted octanol–water partition coefficient (Wildman–Crippen LogP) is 2.78. The molecule has 0 radical (unpaired) electrons. The molecule has 108 valence electrons. The number of nitrogens with one attached hydrogen (secondary N) is 1. The molecule has 1 fully saturated rings. The van der Waals surface area contributed by atoms with Crippen LogP contribution in [0, 0.1) is 0 Å². The van der Waals surface area contributed by atoms with Crippen LogP contribution in [0.3, 0.4) is 0 Å². The molecule has 1 N–H and O–H groups in total. The highest BCUT2D eigenvalue weighted by Gasteiger charge is 2.22. The van der Waals surface area contributed by atoms with Crippen LogP contribution in [0.5, 0.6) is 0 Å². The van der Waals surface area contributed by atoms with Gasteiger partial charge in [0.25, 0.3) is 0 Å². The summed E-state index contributed by atoms with van der Waals surface area (Å²) < 4.78 is 5.48. The maximum atomic E-state index is 5.48. The van der Waals surface area contributed by atoms with Gasteiger partial charge in [0.15, 0.2) is 0 Å². The topological polar surface area (TPSA) is 41.1 Å². The number of aromatic nitrogens is 2. The fourth-order valence-electron chi connectivity index (χ4n) is 3.19. The van der Waals surface area contributed by atoms with E-state index >= 15 is 0 Å². The number of piperidine rings is 1. The molecule has 1 saturated heterocycles. The summed E-state index contributed by atoms with van der Waals surface area (Å²) in [6, 6.07) is 4.34. The Bertz CT molecular complexity index is 551. The Labute approximate surface area is 120 Å². The van der Waals surface area contributed by atoms with E-state index in [2.05, 4.69) is 33.9 Å². The first kappa shape index (κ1) is 13.6. The molecule has 4 heteroatoms. The summed E-state index contributed by atoms with van der Waals surface area (Å²) in [5, 5.41) is 1.28. The first-order valence-corrected chi connectivity index (χ1v) is 7.60. The molecule has 1 unspecified atom stereocenters. The summed E-state index contributed by atoms with van der Waals surface area (Å²) in [4.78, 5) is 10.1. The van der Waals surface area contributed by atoms with Crippen LogP contribution in [0.4, 0.5) is 0 Å². The van der Waals surface area contributed by atoms with E-state index in [0.29, 0.717) is 5.92 Å². The lowest BCUT2D eigenvalue weighted by Gasteiger charge is -2.33. The summed E-state index contributed by atoms with van der Waals surface area (Å²) >= 11 is 0. The minimum absolute atomic E-state index is 0.617. The van der Waals surface area contributed by atoms with Crippen molar-refractivity contribution in [1.29, 1.82) is 0 Å². The van der Waals surface area contributed by atoms with Crippen molar-refractivity contribution < 1.29 is 4.74 Å². The molecule has 0 bridgehead atoms. The van der Waals surface area contributed by atoms with Gasteiger partial charge in [0, 0.05) is 37.5 Å². The molecule has 0 aromatic carbocycles. The minimum atomic E-state index is 0.617. The van der Waals surface area contributed by atoms with Crippen LogP contribution < -0.4 is 0 Å². The van der Waals surface area contributed by atoms with Gasteiger partial charge in [0.2, 0.25) is 0 Å². The molecule has 0 amide bonds. The monoisotopic (exact) mass is 273 g/mol. The summed E-state index contributed by atoms with van der Waals surface area (Å²) in [6.07, 6.45) is 6.45. The highest BCUT2D eigenvalue weighted by molar-refractivity contribution is 5.79. The molecule has 0 saturated carbocycles. The molecule has 1 aliphatic heterocycles. The van der Waals surface area contributed by atoms with Crippen molar-refractivity contribution in [3.05, 3.63) is 30.1 Å². The van der Waals surface area contributed by atoms with Crippen molar-refractivity contribution in [2.24, 2.45) is 0 Å². The number of rotatable bonds is 5. The number of hydrogen-bond acceptors (Lipinski definition) is 3. The number of fused-ring (bicyclic) bond motifs is 1. The second-order valence-electron chi connectivity index (χ2n) is 5.48. The van der Waals surface area contributed by atoms with E-state index in [1.165, 1.54) is 30.3 Å². The van der Waals surface area contributed by atoms with Crippen LogP contribution in [0.2, 0.25) is 0 Å². The fraction of sp³-hybridized carbons (Fsp3) is 0.562. The molecule has 3 heterocycles. The average Bonchev–Trinajstić information content (AvgIpc) is 2.96. The molecule has 0 aliphatic carbocycles. The van der Waals surface area contributed by atoms with Crippen LogP contribution in [0.1, 0.15) is 31.2 Å². The van der Waals surface area contributed by atoms with Crippen molar-refractivity contribution in [3.63, 3.8) is 0 Å². The second-order valence-corrected chi connectivity index (χ2v) is 5.48. The van der Waals surface area contributed by atoms with Crippen LogP contribution in [0.15, 0.2) is 24.5 Å². The van der Waals surface area contributed by atoms with Gasteiger partial charge in [0.05, 0.1) is 6.61 Å². The van der Waals surface area contributed by atoms with Gasteiger partial charge in [-0.25, -0.2) is 4.98 Å². The molecule has 1 aliphatic rings. The van der Waals surface area contributed by atoms with E-state index in [4.69, 9.17) is 4.74 Å². The Morgan fingerprint density at radius 1 is 1.45 bits per heavy atom. The smallest absolute Gasteiger partial charge is 0.137 e. The van der Waals surface area contributed by atoms with Crippen molar-refractivity contribution in [2.75, 3.05) is 32.8 Å². The molecule has 20 heavy (non-hydrogen) atoms. The maximum Gasteiger partial charge on any atom is 0.137 e. The van der Waals surface area contributed by atoms with E-state index in [1.54, 1.807) is 0 Å². The SMILES string of the molecule is CCOCCN1CCCC(c2ccnc3[nH]ccc23)C1. The highest BCUT2D eigenvalue weighted by Crippen LogP contribution is 2.30. The van der Waals surface area contributed by atoms with Gasteiger partial charge in [-0.15, -0.1) is 0 Å². The Hall–Kier alpha value is -1.39.